The zero-order chi connectivity index (χ0) is 16.9. The van der Waals surface area contributed by atoms with Gasteiger partial charge in [-0.15, -0.1) is 5.10 Å². The number of rotatable bonds is 5. The van der Waals surface area contributed by atoms with Crippen molar-refractivity contribution in [3.8, 4) is 0 Å². The number of hydrogen-bond acceptors (Lipinski definition) is 6. The number of nitrogens with one attached hydrogen (secondary N) is 1. The second-order valence-corrected chi connectivity index (χ2v) is 7.97. The number of amides is 1. The van der Waals surface area contributed by atoms with E-state index in [1.54, 1.807) is 0 Å². The van der Waals surface area contributed by atoms with Crippen LogP contribution in [0.3, 0.4) is 0 Å². The van der Waals surface area contributed by atoms with Gasteiger partial charge in [0.25, 0.3) is 0 Å². The largest absolute Gasteiger partial charge is 0.381 e. The van der Waals surface area contributed by atoms with Crippen LogP contribution in [0.5, 0.6) is 0 Å². The maximum atomic E-state index is 12.6. The van der Waals surface area contributed by atoms with Gasteiger partial charge in [0.05, 0.1) is 23.0 Å². The van der Waals surface area contributed by atoms with E-state index in [4.69, 9.17) is 4.74 Å². The maximum Gasteiger partial charge on any atom is 0.224 e. The molecule has 1 aromatic rings. The van der Waals surface area contributed by atoms with Crippen LogP contribution >= 0.6 is 11.5 Å². The van der Waals surface area contributed by atoms with E-state index in [-0.39, 0.29) is 11.8 Å². The van der Waals surface area contributed by atoms with Gasteiger partial charge in [0.2, 0.25) is 5.91 Å². The summed E-state index contributed by atoms with van der Waals surface area (Å²) >= 11 is 1.39. The molecule has 6 nitrogen and oxygen atoms in total. The molecule has 0 aliphatic carbocycles. The lowest BCUT2D eigenvalue weighted by Gasteiger charge is -2.39. The summed E-state index contributed by atoms with van der Waals surface area (Å²) in [6.45, 7) is 8.48. The Morgan fingerprint density at radius 1 is 1.38 bits per heavy atom. The standard InChI is InChI=1S/C17H28N4O2S/c1-12(2)16-15(24-20-19-16)10-18-17(22)13-4-3-7-21(11-13)14-5-8-23-9-6-14/h12-14H,3-11H2,1-2H3,(H,18,22). The molecule has 0 aromatic carbocycles. The van der Waals surface area contributed by atoms with Crippen molar-refractivity contribution in [2.24, 2.45) is 5.92 Å². The Morgan fingerprint density at radius 2 is 2.17 bits per heavy atom. The molecule has 3 heterocycles. The summed E-state index contributed by atoms with van der Waals surface area (Å²) in [5, 5.41) is 7.29. The Hall–Kier alpha value is -1.05. The predicted molar refractivity (Wildman–Crippen MR) is 94.0 cm³/mol. The van der Waals surface area contributed by atoms with Gasteiger partial charge in [-0.25, -0.2) is 0 Å². The minimum Gasteiger partial charge on any atom is -0.381 e. The van der Waals surface area contributed by atoms with Crippen LogP contribution in [-0.2, 0) is 16.1 Å². The molecular formula is C17H28N4O2S. The van der Waals surface area contributed by atoms with Crippen LogP contribution in [0.2, 0.25) is 0 Å². The summed E-state index contributed by atoms with van der Waals surface area (Å²) in [7, 11) is 0. The van der Waals surface area contributed by atoms with Crippen LogP contribution in [0.25, 0.3) is 0 Å². The second kappa shape index (κ2) is 8.36. The van der Waals surface area contributed by atoms with E-state index in [0.29, 0.717) is 18.5 Å². The molecule has 2 fully saturated rings. The van der Waals surface area contributed by atoms with E-state index in [9.17, 15) is 4.79 Å². The molecule has 0 radical (unpaired) electrons. The highest BCUT2D eigenvalue weighted by atomic mass is 32.1. The number of carbonyl (C=O) groups excluding carboxylic acids is 1. The van der Waals surface area contributed by atoms with Crippen LogP contribution in [-0.4, -0.2) is 52.7 Å². The number of likely N-dealkylation sites (tertiary alicyclic amines) is 1. The quantitative estimate of drug-likeness (QED) is 0.880. The molecule has 7 heteroatoms. The van der Waals surface area contributed by atoms with Gasteiger partial charge >= 0.3 is 0 Å². The lowest BCUT2D eigenvalue weighted by atomic mass is 9.94. The first-order valence-electron chi connectivity index (χ1n) is 9.05. The van der Waals surface area contributed by atoms with Crippen LogP contribution in [0, 0.1) is 5.92 Å². The summed E-state index contributed by atoms with van der Waals surface area (Å²) in [4.78, 5) is 16.2. The molecule has 134 valence electrons. The molecule has 2 saturated heterocycles. The predicted octanol–water partition coefficient (Wildman–Crippen LogP) is 2.17. The highest BCUT2D eigenvalue weighted by Crippen LogP contribution is 2.24. The first-order valence-corrected chi connectivity index (χ1v) is 9.83. The second-order valence-electron chi connectivity index (χ2n) is 7.13. The van der Waals surface area contributed by atoms with E-state index in [0.717, 1.165) is 62.6 Å². The number of piperidine rings is 1. The third kappa shape index (κ3) is 4.32. The smallest absolute Gasteiger partial charge is 0.224 e. The monoisotopic (exact) mass is 352 g/mol. The molecule has 0 spiro atoms. The topological polar surface area (TPSA) is 67.4 Å². The molecule has 1 amide bonds. The SMILES string of the molecule is CC(C)c1nnsc1CNC(=O)C1CCCN(C2CCOCC2)C1. The van der Waals surface area contributed by atoms with Crippen molar-refractivity contribution in [3.63, 3.8) is 0 Å². The summed E-state index contributed by atoms with van der Waals surface area (Å²) in [6.07, 6.45) is 4.29. The minimum atomic E-state index is 0.102. The fourth-order valence-electron chi connectivity index (χ4n) is 3.69. The molecule has 0 bridgehead atoms. The molecule has 3 rings (SSSR count). The van der Waals surface area contributed by atoms with Gasteiger partial charge in [-0.2, -0.15) is 0 Å². The lowest BCUT2D eigenvalue weighted by Crippen LogP contribution is -2.48. The van der Waals surface area contributed by atoms with Gasteiger partial charge in [-0.1, -0.05) is 18.3 Å². The average molecular weight is 353 g/mol. The molecule has 0 saturated carbocycles. The van der Waals surface area contributed by atoms with Crippen LogP contribution in [0.1, 0.15) is 56.0 Å². The zero-order valence-electron chi connectivity index (χ0n) is 14.7. The normalized spacial score (nSPS) is 23.5. The maximum absolute atomic E-state index is 12.6. The number of nitrogens with zero attached hydrogens (tertiary/aromatic N) is 3. The molecule has 1 N–H and O–H groups in total. The highest BCUT2D eigenvalue weighted by molar-refractivity contribution is 7.05. The van der Waals surface area contributed by atoms with Gasteiger partial charge in [0.15, 0.2) is 0 Å². The van der Waals surface area contributed by atoms with Crippen molar-refractivity contribution in [2.45, 2.75) is 58.0 Å². The fourth-order valence-corrected chi connectivity index (χ4v) is 4.42. The summed E-state index contributed by atoms with van der Waals surface area (Å²) in [5.41, 5.74) is 1.01. The number of hydrogen-bond donors (Lipinski definition) is 1. The van der Waals surface area contributed by atoms with Crippen molar-refractivity contribution in [1.29, 1.82) is 0 Å². The number of carbonyl (C=O) groups is 1. The molecule has 1 aromatic heterocycles. The number of ether oxygens (including phenoxy) is 1. The molecule has 1 unspecified atom stereocenters. The minimum absolute atomic E-state index is 0.102. The molecular weight excluding hydrogens is 324 g/mol. The van der Waals surface area contributed by atoms with E-state index in [1.165, 1.54) is 11.5 Å². The first-order chi connectivity index (χ1) is 11.6. The van der Waals surface area contributed by atoms with Crippen molar-refractivity contribution >= 4 is 17.4 Å². The van der Waals surface area contributed by atoms with Crippen LogP contribution < -0.4 is 5.32 Å². The van der Waals surface area contributed by atoms with Crippen LogP contribution in [0.15, 0.2) is 0 Å². The van der Waals surface area contributed by atoms with E-state index in [1.807, 2.05) is 0 Å². The molecule has 24 heavy (non-hydrogen) atoms. The van der Waals surface area contributed by atoms with Gasteiger partial charge in [-0.05, 0) is 49.7 Å². The van der Waals surface area contributed by atoms with E-state index in [2.05, 4.69) is 33.7 Å². The van der Waals surface area contributed by atoms with Gasteiger partial charge in [-0.3, -0.25) is 9.69 Å². The Labute approximate surface area is 148 Å². The Balaban J connectivity index is 1.51. The lowest BCUT2D eigenvalue weighted by molar-refractivity contribution is -0.127. The van der Waals surface area contributed by atoms with Gasteiger partial charge < -0.3 is 10.1 Å². The third-order valence-electron chi connectivity index (χ3n) is 5.09. The Morgan fingerprint density at radius 3 is 2.92 bits per heavy atom. The fraction of sp³-hybridized carbons (Fsp3) is 0.824. The van der Waals surface area contributed by atoms with Crippen molar-refractivity contribution < 1.29 is 9.53 Å². The summed E-state index contributed by atoms with van der Waals surface area (Å²) < 4.78 is 9.49. The van der Waals surface area contributed by atoms with E-state index >= 15 is 0 Å². The van der Waals surface area contributed by atoms with Gasteiger partial charge in [0.1, 0.15) is 0 Å². The molecule has 2 aliphatic rings. The zero-order valence-corrected chi connectivity index (χ0v) is 15.5. The van der Waals surface area contributed by atoms with Crippen molar-refractivity contribution in [3.05, 3.63) is 10.6 Å². The van der Waals surface area contributed by atoms with Crippen LogP contribution in [0.4, 0.5) is 0 Å². The number of aromatic nitrogens is 2. The van der Waals surface area contributed by atoms with Gasteiger partial charge in [0, 0.05) is 25.8 Å². The third-order valence-corrected chi connectivity index (χ3v) is 5.82. The van der Waals surface area contributed by atoms with Crippen molar-refractivity contribution in [2.75, 3.05) is 26.3 Å². The Kier molecular flexibility index (Phi) is 6.19. The Bertz CT molecular complexity index is 542. The average Bonchev–Trinajstić information content (AvgIpc) is 3.09. The highest BCUT2D eigenvalue weighted by Gasteiger charge is 2.30. The van der Waals surface area contributed by atoms with E-state index < -0.39 is 0 Å². The first kappa shape index (κ1) is 17.8. The summed E-state index contributed by atoms with van der Waals surface area (Å²) in [5.74, 6) is 0.620. The van der Waals surface area contributed by atoms with Crippen molar-refractivity contribution in [1.82, 2.24) is 19.8 Å². The summed E-state index contributed by atoms with van der Waals surface area (Å²) in [6, 6.07) is 0.590. The molecule has 1 atom stereocenters. The molecule has 2 aliphatic heterocycles.